The lowest BCUT2D eigenvalue weighted by molar-refractivity contribution is -0.137. The predicted molar refractivity (Wildman–Crippen MR) is 65.3 cm³/mol. The largest absolute Gasteiger partial charge is 0.480 e. The van der Waals surface area contributed by atoms with E-state index in [0.717, 1.165) is 5.56 Å². The zero-order chi connectivity index (χ0) is 12.4. The maximum absolute atomic E-state index is 10.7. The van der Waals surface area contributed by atoms with Crippen LogP contribution in [0.4, 0.5) is 0 Å². The zero-order valence-electron chi connectivity index (χ0n) is 8.60. The van der Waals surface area contributed by atoms with Crippen molar-refractivity contribution in [2.45, 2.75) is 6.54 Å². The van der Waals surface area contributed by atoms with Crippen molar-refractivity contribution < 1.29 is 9.90 Å². The van der Waals surface area contributed by atoms with E-state index in [2.05, 4.69) is 4.98 Å². The van der Waals surface area contributed by atoms with Crippen molar-refractivity contribution in [3.8, 4) is 11.4 Å². The molecule has 0 aliphatic heterocycles. The van der Waals surface area contributed by atoms with Gasteiger partial charge in [-0.3, -0.25) is 4.79 Å². The number of carboxylic acids is 1. The molecule has 4 nitrogen and oxygen atoms in total. The molecule has 1 aromatic heterocycles. The van der Waals surface area contributed by atoms with Gasteiger partial charge in [-0.1, -0.05) is 23.2 Å². The summed E-state index contributed by atoms with van der Waals surface area (Å²) < 4.78 is 1.53. The Morgan fingerprint density at radius 2 is 2.12 bits per heavy atom. The molecular formula is C11H8Cl2N2O2. The van der Waals surface area contributed by atoms with Gasteiger partial charge in [0.05, 0.1) is 10.0 Å². The van der Waals surface area contributed by atoms with Crippen LogP contribution >= 0.6 is 23.2 Å². The lowest BCUT2D eigenvalue weighted by atomic mass is 10.2. The first-order valence-corrected chi connectivity index (χ1v) is 5.52. The number of imidazole rings is 1. The summed E-state index contributed by atoms with van der Waals surface area (Å²) in [4.78, 5) is 14.8. The molecule has 6 heteroatoms. The van der Waals surface area contributed by atoms with Gasteiger partial charge in [0.1, 0.15) is 12.4 Å². The summed E-state index contributed by atoms with van der Waals surface area (Å²) in [5.74, 6) is -0.379. The number of hydrogen-bond acceptors (Lipinski definition) is 2. The van der Waals surface area contributed by atoms with E-state index in [1.807, 2.05) is 0 Å². The summed E-state index contributed by atoms with van der Waals surface area (Å²) in [6.07, 6.45) is 3.15. The molecule has 1 aromatic carbocycles. The van der Waals surface area contributed by atoms with E-state index in [4.69, 9.17) is 28.3 Å². The minimum absolute atomic E-state index is 0.143. The average Bonchev–Trinajstić information content (AvgIpc) is 2.69. The monoisotopic (exact) mass is 270 g/mol. The third-order valence-corrected chi connectivity index (χ3v) is 2.94. The Labute approximate surface area is 107 Å². The summed E-state index contributed by atoms with van der Waals surface area (Å²) >= 11 is 11.7. The number of halogens is 2. The van der Waals surface area contributed by atoms with E-state index < -0.39 is 5.97 Å². The van der Waals surface area contributed by atoms with Crippen LogP contribution in [0.15, 0.2) is 30.6 Å². The third kappa shape index (κ3) is 2.60. The molecule has 17 heavy (non-hydrogen) atoms. The van der Waals surface area contributed by atoms with Crippen LogP contribution in [0, 0.1) is 0 Å². The standard InChI is InChI=1S/C11H8Cl2N2O2/c12-8-2-1-7(5-9(8)13)11-14-3-4-15(11)6-10(16)17/h1-5H,6H2,(H,16,17). The molecule has 0 aliphatic rings. The maximum Gasteiger partial charge on any atom is 0.323 e. The van der Waals surface area contributed by atoms with Crippen molar-refractivity contribution in [2.75, 3.05) is 0 Å². The molecule has 2 aromatic rings. The van der Waals surface area contributed by atoms with Crippen molar-refractivity contribution >= 4 is 29.2 Å². The number of rotatable bonds is 3. The molecular weight excluding hydrogens is 263 g/mol. The average molecular weight is 271 g/mol. The van der Waals surface area contributed by atoms with Gasteiger partial charge in [0.25, 0.3) is 0 Å². The number of carboxylic acid groups (broad SMARTS) is 1. The third-order valence-electron chi connectivity index (χ3n) is 2.20. The summed E-state index contributed by atoms with van der Waals surface area (Å²) in [7, 11) is 0. The van der Waals surface area contributed by atoms with Gasteiger partial charge in [0, 0.05) is 18.0 Å². The van der Waals surface area contributed by atoms with E-state index in [1.54, 1.807) is 30.6 Å². The fraction of sp³-hybridized carbons (Fsp3) is 0.0909. The maximum atomic E-state index is 10.7. The number of aliphatic carboxylic acids is 1. The molecule has 0 atom stereocenters. The Morgan fingerprint density at radius 1 is 1.35 bits per heavy atom. The summed E-state index contributed by atoms with van der Waals surface area (Å²) in [5, 5.41) is 9.62. The highest BCUT2D eigenvalue weighted by atomic mass is 35.5. The fourth-order valence-electron chi connectivity index (χ4n) is 1.48. The molecule has 1 N–H and O–H groups in total. The van der Waals surface area contributed by atoms with Crippen molar-refractivity contribution in [3.63, 3.8) is 0 Å². The van der Waals surface area contributed by atoms with Gasteiger partial charge in [-0.2, -0.15) is 0 Å². The molecule has 0 radical (unpaired) electrons. The second kappa shape index (κ2) is 4.77. The summed E-state index contributed by atoms with van der Waals surface area (Å²) in [5.41, 5.74) is 0.727. The van der Waals surface area contributed by atoms with Gasteiger partial charge >= 0.3 is 5.97 Å². The van der Waals surface area contributed by atoms with E-state index in [-0.39, 0.29) is 6.54 Å². The predicted octanol–water partition coefficient (Wildman–Crippen LogP) is 2.94. The smallest absolute Gasteiger partial charge is 0.323 e. The Bertz CT molecular complexity index is 566. The first kappa shape index (κ1) is 12.0. The minimum Gasteiger partial charge on any atom is -0.480 e. The van der Waals surface area contributed by atoms with E-state index >= 15 is 0 Å². The zero-order valence-corrected chi connectivity index (χ0v) is 10.1. The Hall–Kier alpha value is -1.52. The van der Waals surface area contributed by atoms with Crippen molar-refractivity contribution in [3.05, 3.63) is 40.6 Å². The van der Waals surface area contributed by atoms with Gasteiger partial charge in [0.15, 0.2) is 0 Å². The Kier molecular flexibility index (Phi) is 3.36. The topological polar surface area (TPSA) is 55.1 Å². The van der Waals surface area contributed by atoms with E-state index in [9.17, 15) is 4.79 Å². The first-order chi connectivity index (χ1) is 8.08. The second-order valence-electron chi connectivity index (χ2n) is 3.40. The molecule has 1 heterocycles. The SMILES string of the molecule is O=C(O)Cn1ccnc1-c1ccc(Cl)c(Cl)c1. The lowest BCUT2D eigenvalue weighted by Gasteiger charge is -2.06. The number of aromatic nitrogens is 2. The van der Waals surface area contributed by atoms with Gasteiger partial charge < -0.3 is 9.67 Å². The van der Waals surface area contributed by atoms with E-state index in [1.165, 1.54) is 4.57 Å². The molecule has 0 amide bonds. The molecule has 0 aliphatic carbocycles. The minimum atomic E-state index is -0.927. The molecule has 0 saturated heterocycles. The summed E-state index contributed by atoms with van der Waals surface area (Å²) in [6.45, 7) is -0.143. The van der Waals surface area contributed by atoms with Gasteiger partial charge in [-0.05, 0) is 18.2 Å². The Morgan fingerprint density at radius 3 is 2.76 bits per heavy atom. The van der Waals surface area contributed by atoms with Gasteiger partial charge in [-0.25, -0.2) is 4.98 Å². The Balaban J connectivity index is 2.42. The van der Waals surface area contributed by atoms with Gasteiger partial charge in [-0.15, -0.1) is 0 Å². The normalized spacial score (nSPS) is 10.5. The van der Waals surface area contributed by atoms with Crippen molar-refractivity contribution in [2.24, 2.45) is 0 Å². The van der Waals surface area contributed by atoms with Crippen LogP contribution < -0.4 is 0 Å². The van der Waals surface area contributed by atoms with Crippen LogP contribution in [0.3, 0.4) is 0 Å². The first-order valence-electron chi connectivity index (χ1n) is 4.76. The van der Waals surface area contributed by atoms with Gasteiger partial charge in [0.2, 0.25) is 0 Å². The number of hydrogen-bond donors (Lipinski definition) is 1. The van der Waals surface area contributed by atoms with E-state index in [0.29, 0.717) is 15.9 Å². The summed E-state index contributed by atoms with van der Waals surface area (Å²) in [6, 6.07) is 5.05. The van der Waals surface area contributed by atoms with Crippen LogP contribution in [0.1, 0.15) is 0 Å². The molecule has 88 valence electrons. The quantitative estimate of drug-likeness (QED) is 0.933. The van der Waals surface area contributed by atoms with Crippen LogP contribution in [-0.2, 0) is 11.3 Å². The molecule has 0 unspecified atom stereocenters. The molecule has 2 rings (SSSR count). The molecule has 0 saturated carbocycles. The highest BCUT2D eigenvalue weighted by Crippen LogP contribution is 2.27. The number of benzene rings is 1. The van der Waals surface area contributed by atoms with Crippen LogP contribution in [0.25, 0.3) is 11.4 Å². The van der Waals surface area contributed by atoms with Crippen molar-refractivity contribution in [1.29, 1.82) is 0 Å². The molecule has 0 bridgehead atoms. The van der Waals surface area contributed by atoms with Crippen LogP contribution in [0.5, 0.6) is 0 Å². The number of nitrogens with zero attached hydrogens (tertiary/aromatic N) is 2. The van der Waals surface area contributed by atoms with Crippen LogP contribution in [0.2, 0.25) is 10.0 Å². The fourth-order valence-corrected chi connectivity index (χ4v) is 1.78. The molecule has 0 fully saturated rings. The lowest BCUT2D eigenvalue weighted by Crippen LogP contribution is -2.09. The second-order valence-corrected chi connectivity index (χ2v) is 4.22. The molecule has 0 spiro atoms. The van der Waals surface area contributed by atoms with Crippen molar-refractivity contribution in [1.82, 2.24) is 9.55 Å². The van der Waals surface area contributed by atoms with Crippen LogP contribution in [-0.4, -0.2) is 20.6 Å². The number of carbonyl (C=O) groups is 1. The highest BCUT2D eigenvalue weighted by Gasteiger charge is 2.10. The highest BCUT2D eigenvalue weighted by molar-refractivity contribution is 6.42.